The first-order valence-corrected chi connectivity index (χ1v) is 10.2. The van der Waals surface area contributed by atoms with Crippen molar-refractivity contribution in [2.24, 2.45) is 0 Å². The maximum absolute atomic E-state index is 12.8. The molecule has 2 heterocycles. The van der Waals surface area contributed by atoms with Crippen molar-refractivity contribution >= 4 is 49.4 Å². The number of rotatable bonds is 4. The Balaban J connectivity index is 1.60. The summed E-state index contributed by atoms with van der Waals surface area (Å²) in [5.41, 5.74) is 2.84. The third-order valence-corrected chi connectivity index (χ3v) is 5.84. The molecule has 2 aromatic heterocycles. The Bertz CT molecular complexity index is 1220. The second kappa shape index (κ2) is 7.37. The summed E-state index contributed by atoms with van der Waals surface area (Å²) in [7, 11) is 0. The van der Waals surface area contributed by atoms with Crippen LogP contribution in [0.25, 0.3) is 22.4 Å². The van der Waals surface area contributed by atoms with Crippen molar-refractivity contribution in [1.82, 2.24) is 9.55 Å². The molecular weight excluding hydrogens is 442 g/mol. The standard InChI is InChI=1S/C20H16BrN3O3S/c1-11(24-15-5-3-4-6-16(15)27-20(24)26)18(25)23-19-22-17(12(2)28-19)13-7-9-14(21)10-8-13/h3-11H,1-2H3,(H,22,23,25). The number of hydrogen-bond donors (Lipinski definition) is 1. The number of carbonyl (C=O) groups is 1. The highest BCUT2D eigenvalue weighted by Gasteiger charge is 2.22. The van der Waals surface area contributed by atoms with E-state index >= 15 is 0 Å². The molecule has 0 spiro atoms. The van der Waals surface area contributed by atoms with Gasteiger partial charge in [-0.25, -0.2) is 9.78 Å². The number of carbonyl (C=O) groups excluding carboxylic acids is 1. The molecule has 6 nitrogen and oxygen atoms in total. The Kier molecular flexibility index (Phi) is 4.91. The fraction of sp³-hybridized carbons (Fsp3) is 0.150. The van der Waals surface area contributed by atoms with Crippen LogP contribution in [0.1, 0.15) is 17.8 Å². The van der Waals surface area contributed by atoms with Gasteiger partial charge in [0.2, 0.25) is 5.91 Å². The number of oxazole rings is 1. The number of hydrogen-bond acceptors (Lipinski definition) is 5. The number of nitrogens with zero attached hydrogens (tertiary/aromatic N) is 2. The summed E-state index contributed by atoms with van der Waals surface area (Å²) in [6.07, 6.45) is 0. The van der Waals surface area contributed by atoms with E-state index in [4.69, 9.17) is 4.42 Å². The van der Waals surface area contributed by atoms with Gasteiger partial charge in [0.1, 0.15) is 6.04 Å². The van der Waals surface area contributed by atoms with E-state index < -0.39 is 11.8 Å². The van der Waals surface area contributed by atoms with Crippen LogP contribution in [-0.2, 0) is 4.79 Å². The molecule has 0 aliphatic heterocycles. The maximum atomic E-state index is 12.8. The molecule has 1 N–H and O–H groups in total. The molecule has 0 aliphatic carbocycles. The molecule has 1 atom stereocenters. The average Bonchev–Trinajstić information content (AvgIpc) is 3.20. The molecular formula is C20H16BrN3O3S. The van der Waals surface area contributed by atoms with Gasteiger partial charge in [0.25, 0.3) is 0 Å². The zero-order valence-corrected chi connectivity index (χ0v) is 17.5. The highest BCUT2D eigenvalue weighted by atomic mass is 79.9. The first-order chi connectivity index (χ1) is 13.4. The lowest BCUT2D eigenvalue weighted by Crippen LogP contribution is -2.29. The lowest BCUT2D eigenvalue weighted by atomic mass is 10.1. The van der Waals surface area contributed by atoms with Crippen molar-refractivity contribution in [1.29, 1.82) is 0 Å². The third kappa shape index (κ3) is 3.41. The number of aryl methyl sites for hydroxylation is 1. The smallest absolute Gasteiger partial charge is 0.408 e. The summed E-state index contributed by atoms with van der Waals surface area (Å²) in [6, 6.07) is 14.1. The summed E-state index contributed by atoms with van der Waals surface area (Å²) in [4.78, 5) is 30.5. The normalized spacial score (nSPS) is 12.2. The Labute approximate surface area is 173 Å². The fourth-order valence-electron chi connectivity index (χ4n) is 3.00. The largest absolute Gasteiger partial charge is 0.420 e. The van der Waals surface area contributed by atoms with E-state index in [1.165, 1.54) is 15.9 Å². The zero-order valence-electron chi connectivity index (χ0n) is 15.1. The minimum absolute atomic E-state index is 0.329. The van der Waals surface area contributed by atoms with Crippen LogP contribution >= 0.6 is 27.3 Å². The highest BCUT2D eigenvalue weighted by Crippen LogP contribution is 2.31. The van der Waals surface area contributed by atoms with Gasteiger partial charge >= 0.3 is 5.76 Å². The van der Waals surface area contributed by atoms with Gasteiger partial charge < -0.3 is 9.73 Å². The predicted molar refractivity (Wildman–Crippen MR) is 114 cm³/mol. The molecule has 28 heavy (non-hydrogen) atoms. The molecule has 0 saturated heterocycles. The highest BCUT2D eigenvalue weighted by molar-refractivity contribution is 9.10. The Hall–Kier alpha value is -2.71. The summed E-state index contributed by atoms with van der Waals surface area (Å²) in [5.74, 6) is -0.889. The van der Waals surface area contributed by atoms with Crippen LogP contribution in [0.5, 0.6) is 0 Å². The summed E-state index contributed by atoms with van der Waals surface area (Å²) in [6.45, 7) is 3.62. The number of amides is 1. The minimum Gasteiger partial charge on any atom is -0.408 e. The number of aromatic nitrogens is 2. The SMILES string of the molecule is Cc1sc(NC(=O)C(C)n2c(=O)oc3ccccc32)nc1-c1ccc(Br)cc1. The lowest BCUT2D eigenvalue weighted by molar-refractivity contribution is -0.118. The molecule has 1 amide bonds. The zero-order chi connectivity index (χ0) is 19.8. The molecule has 0 saturated carbocycles. The predicted octanol–water partition coefficient (Wildman–Crippen LogP) is 4.99. The van der Waals surface area contributed by atoms with Gasteiger partial charge in [-0.3, -0.25) is 9.36 Å². The van der Waals surface area contributed by atoms with Crippen molar-refractivity contribution in [2.75, 3.05) is 5.32 Å². The Morgan fingerprint density at radius 3 is 2.68 bits per heavy atom. The van der Waals surface area contributed by atoms with Gasteiger partial charge in [-0.15, -0.1) is 11.3 Å². The van der Waals surface area contributed by atoms with Gasteiger partial charge in [0.05, 0.1) is 11.2 Å². The molecule has 0 aliphatic rings. The number of anilines is 1. The topological polar surface area (TPSA) is 77.1 Å². The van der Waals surface area contributed by atoms with Crippen LogP contribution in [0.3, 0.4) is 0 Å². The van der Waals surface area contributed by atoms with Gasteiger partial charge in [-0.05, 0) is 38.1 Å². The van der Waals surface area contributed by atoms with E-state index in [0.717, 1.165) is 20.6 Å². The molecule has 4 aromatic rings. The molecule has 2 aromatic carbocycles. The number of para-hydroxylation sites is 2. The molecule has 8 heteroatoms. The Morgan fingerprint density at radius 2 is 1.93 bits per heavy atom. The first kappa shape index (κ1) is 18.6. The van der Waals surface area contributed by atoms with Crippen LogP contribution < -0.4 is 11.1 Å². The quantitative estimate of drug-likeness (QED) is 0.468. The van der Waals surface area contributed by atoms with Crippen LogP contribution in [0.15, 0.2) is 62.2 Å². The molecule has 0 radical (unpaired) electrons. The maximum Gasteiger partial charge on any atom is 0.420 e. The van der Waals surface area contributed by atoms with Crippen molar-refractivity contribution < 1.29 is 9.21 Å². The van der Waals surface area contributed by atoms with Crippen LogP contribution in [0.4, 0.5) is 5.13 Å². The van der Waals surface area contributed by atoms with Gasteiger partial charge in [0.15, 0.2) is 10.7 Å². The number of halogens is 1. The Morgan fingerprint density at radius 1 is 1.21 bits per heavy atom. The second-order valence-corrected chi connectivity index (χ2v) is 8.42. The molecule has 1 unspecified atom stereocenters. The molecule has 4 rings (SSSR count). The number of nitrogens with one attached hydrogen (secondary N) is 1. The van der Waals surface area contributed by atoms with Crippen LogP contribution in [-0.4, -0.2) is 15.5 Å². The van der Waals surface area contributed by atoms with Crippen molar-refractivity contribution in [3.05, 3.63) is 68.4 Å². The van der Waals surface area contributed by atoms with E-state index in [9.17, 15) is 9.59 Å². The lowest BCUT2D eigenvalue weighted by Gasteiger charge is -2.11. The van der Waals surface area contributed by atoms with Crippen molar-refractivity contribution in [2.45, 2.75) is 19.9 Å². The van der Waals surface area contributed by atoms with Crippen LogP contribution in [0, 0.1) is 6.92 Å². The summed E-state index contributed by atoms with van der Waals surface area (Å²) < 4.78 is 7.56. The molecule has 0 bridgehead atoms. The molecule has 142 valence electrons. The van der Waals surface area contributed by atoms with Crippen LogP contribution in [0.2, 0.25) is 0 Å². The van der Waals surface area contributed by atoms with E-state index in [-0.39, 0.29) is 5.91 Å². The van der Waals surface area contributed by atoms with Crippen molar-refractivity contribution in [3.63, 3.8) is 0 Å². The molecule has 0 fully saturated rings. The number of benzene rings is 2. The third-order valence-electron chi connectivity index (χ3n) is 4.43. The van der Waals surface area contributed by atoms with Gasteiger partial charge in [-0.1, -0.05) is 40.2 Å². The van der Waals surface area contributed by atoms with Crippen molar-refractivity contribution in [3.8, 4) is 11.3 Å². The van der Waals surface area contributed by atoms with Gasteiger partial charge in [0, 0.05) is 14.9 Å². The monoisotopic (exact) mass is 457 g/mol. The number of fused-ring (bicyclic) bond motifs is 1. The second-order valence-electron chi connectivity index (χ2n) is 6.30. The fourth-order valence-corrected chi connectivity index (χ4v) is 4.11. The first-order valence-electron chi connectivity index (χ1n) is 8.58. The average molecular weight is 458 g/mol. The van der Waals surface area contributed by atoms with Gasteiger partial charge in [-0.2, -0.15) is 0 Å². The minimum atomic E-state index is -0.739. The summed E-state index contributed by atoms with van der Waals surface area (Å²) in [5, 5.41) is 3.32. The summed E-state index contributed by atoms with van der Waals surface area (Å²) >= 11 is 4.82. The number of thiazole rings is 1. The van der Waals surface area contributed by atoms with E-state index in [2.05, 4.69) is 26.2 Å². The van der Waals surface area contributed by atoms with E-state index in [1.807, 2.05) is 31.2 Å². The van der Waals surface area contributed by atoms with E-state index in [1.54, 1.807) is 31.2 Å². The van der Waals surface area contributed by atoms with E-state index in [0.29, 0.717) is 16.2 Å².